The molecular weight excluding hydrogens is 338 g/mol. The lowest BCUT2D eigenvalue weighted by Crippen LogP contribution is -2.01. The molecule has 6 heteroatoms. The van der Waals surface area contributed by atoms with E-state index in [0.717, 1.165) is 0 Å². The Kier molecular flexibility index (Phi) is 3.39. The molecular formula is C15H10BrNO4. The summed E-state index contributed by atoms with van der Waals surface area (Å²) in [5.74, 6) is 0.297. The van der Waals surface area contributed by atoms with Crippen LogP contribution in [-0.4, -0.2) is 17.2 Å². The minimum atomic E-state index is -0.165. The molecule has 0 atom stereocenters. The molecule has 0 saturated carbocycles. The van der Waals surface area contributed by atoms with Crippen LogP contribution in [0, 0.1) is 0 Å². The number of nitrogens with zero attached hydrogens (tertiary/aromatic N) is 1. The summed E-state index contributed by atoms with van der Waals surface area (Å²) in [5.41, 5.74) is 0.689. The van der Waals surface area contributed by atoms with Crippen molar-refractivity contribution in [3.8, 4) is 23.1 Å². The molecule has 0 saturated heterocycles. The van der Waals surface area contributed by atoms with Crippen LogP contribution in [0.25, 0.3) is 22.4 Å². The van der Waals surface area contributed by atoms with Gasteiger partial charge in [-0.2, -0.15) is 0 Å². The van der Waals surface area contributed by atoms with Crippen molar-refractivity contribution in [2.45, 2.75) is 0 Å². The Labute approximate surface area is 127 Å². The fourth-order valence-corrected chi connectivity index (χ4v) is 2.44. The molecule has 0 amide bonds. The molecule has 1 N–H and O–H groups in total. The Morgan fingerprint density at radius 1 is 1.29 bits per heavy atom. The standard InChI is InChI=1S/C15H10BrNO4/c1-20-15-11(18)6-5-10(17-15)13-7-12(19)8-3-2-4-9(16)14(8)21-13/h2-7,18H,1H3. The van der Waals surface area contributed by atoms with Gasteiger partial charge in [0.2, 0.25) is 0 Å². The Hall–Kier alpha value is -2.34. The molecule has 0 unspecified atom stereocenters. The lowest BCUT2D eigenvalue weighted by Gasteiger charge is -2.06. The van der Waals surface area contributed by atoms with E-state index in [-0.39, 0.29) is 17.1 Å². The Morgan fingerprint density at radius 3 is 2.86 bits per heavy atom. The van der Waals surface area contributed by atoms with Crippen molar-refractivity contribution in [1.29, 1.82) is 0 Å². The maximum atomic E-state index is 12.2. The van der Waals surface area contributed by atoms with E-state index in [4.69, 9.17) is 9.15 Å². The molecule has 2 heterocycles. The van der Waals surface area contributed by atoms with Gasteiger partial charge in [-0.15, -0.1) is 0 Å². The number of fused-ring (bicyclic) bond motifs is 1. The van der Waals surface area contributed by atoms with Gasteiger partial charge in [-0.25, -0.2) is 4.98 Å². The summed E-state index contributed by atoms with van der Waals surface area (Å²) < 4.78 is 11.4. The second kappa shape index (κ2) is 5.21. The van der Waals surface area contributed by atoms with E-state index >= 15 is 0 Å². The van der Waals surface area contributed by atoms with Gasteiger partial charge in [-0.1, -0.05) is 6.07 Å². The van der Waals surface area contributed by atoms with Gasteiger partial charge in [0.05, 0.1) is 17.0 Å². The van der Waals surface area contributed by atoms with Crippen molar-refractivity contribution in [3.63, 3.8) is 0 Å². The van der Waals surface area contributed by atoms with Crippen molar-refractivity contribution < 1.29 is 14.3 Å². The molecule has 3 rings (SSSR count). The average Bonchev–Trinajstić information content (AvgIpc) is 2.48. The quantitative estimate of drug-likeness (QED) is 0.769. The molecule has 3 aromatic rings. The first kappa shape index (κ1) is 13.6. The molecule has 0 aliphatic carbocycles. The van der Waals surface area contributed by atoms with Crippen LogP contribution in [0.15, 0.2) is 50.1 Å². The van der Waals surface area contributed by atoms with Gasteiger partial charge in [0, 0.05) is 6.07 Å². The molecule has 0 fully saturated rings. The van der Waals surface area contributed by atoms with Crippen LogP contribution in [0.3, 0.4) is 0 Å². The van der Waals surface area contributed by atoms with E-state index in [9.17, 15) is 9.90 Å². The number of rotatable bonds is 2. The molecule has 0 aliphatic heterocycles. The highest BCUT2D eigenvalue weighted by Crippen LogP contribution is 2.30. The Balaban J connectivity index is 2.26. The second-order valence-corrected chi connectivity index (χ2v) is 5.17. The predicted molar refractivity (Wildman–Crippen MR) is 81.6 cm³/mol. The van der Waals surface area contributed by atoms with Crippen molar-refractivity contribution in [1.82, 2.24) is 4.98 Å². The van der Waals surface area contributed by atoms with Gasteiger partial charge in [-0.05, 0) is 40.2 Å². The van der Waals surface area contributed by atoms with Gasteiger partial charge in [0.15, 0.2) is 22.5 Å². The highest BCUT2D eigenvalue weighted by atomic mass is 79.9. The lowest BCUT2D eigenvalue weighted by atomic mass is 10.2. The van der Waals surface area contributed by atoms with Crippen molar-refractivity contribution in [3.05, 3.63) is 51.1 Å². The van der Waals surface area contributed by atoms with Crippen LogP contribution >= 0.6 is 15.9 Å². The van der Waals surface area contributed by atoms with E-state index < -0.39 is 0 Å². The number of halogens is 1. The van der Waals surface area contributed by atoms with Gasteiger partial charge < -0.3 is 14.3 Å². The third kappa shape index (κ3) is 2.38. The topological polar surface area (TPSA) is 72.6 Å². The molecule has 0 aliphatic rings. The average molecular weight is 348 g/mol. The summed E-state index contributed by atoms with van der Waals surface area (Å²) in [4.78, 5) is 16.3. The molecule has 0 spiro atoms. The van der Waals surface area contributed by atoms with Crippen molar-refractivity contribution in [2.75, 3.05) is 7.11 Å². The first-order chi connectivity index (χ1) is 10.1. The number of methoxy groups -OCH3 is 1. The zero-order valence-corrected chi connectivity index (χ0v) is 12.5. The van der Waals surface area contributed by atoms with Crippen LogP contribution in [0.4, 0.5) is 0 Å². The SMILES string of the molecule is COc1nc(-c2cc(=O)c3cccc(Br)c3o2)ccc1O. The fraction of sp³-hybridized carbons (Fsp3) is 0.0667. The van der Waals surface area contributed by atoms with Crippen molar-refractivity contribution >= 4 is 26.9 Å². The minimum absolute atomic E-state index is 0.0716. The number of para-hydroxylation sites is 1. The molecule has 2 aromatic heterocycles. The van der Waals surface area contributed by atoms with Crippen LogP contribution in [0.2, 0.25) is 0 Å². The highest BCUT2D eigenvalue weighted by molar-refractivity contribution is 9.10. The summed E-state index contributed by atoms with van der Waals surface area (Å²) >= 11 is 3.36. The van der Waals surface area contributed by atoms with Gasteiger partial charge >= 0.3 is 0 Å². The molecule has 106 valence electrons. The largest absolute Gasteiger partial charge is 0.503 e. The molecule has 0 radical (unpaired) electrons. The summed E-state index contributed by atoms with van der Waals surface area (Å²) in [5, 5.41) is 10.1. The third-order valence-electron chi connectivity index (χ3n) is 2.99. The van der Waals surface area contributed by atoms with Crippen LogP contribution < -0.4 is 10.2 Å². The van der Waals surface area contributed by atoms with Gasteiger partial charge in [0.1, 0.15) is 5.69 Å². The monoisotopic (exact) mass is 347 g/mol. The van der Waals surface area contributed by atoms with Gasteiger partial charge in [-0.3, -0.25) is 4.79 Å². The van der Waals surface area contributed by atoms with Crippen LogP contribution in [0.1, 0.15) is 0 Å². The molecule has 0 bridgehead atoms. The Morgan fingerprint density at radius 2 is 2.10 bits per heavy atom. The Bertz CT molecular complexity index is 888. The maximum Gasteiger partial charge on any atom is 0.257 e. The van der Waals surface area contributed by atoms with Crippen molar-refractivity contribution in [2.24, 2.45) is 0 Å². The molecule has 1 aromatic carbocycles. The smallest absolute Gasteiger partial charge is 0.257 e. The van der Waals surface area contributed by atoms with E-state index in [1.807, 2.05) is 0 Å². The first-order valence-electron chi connectivity index (χ1n) is 6.07. The maximum absolute atomic E-state index is 12.2. The normalized spacial score (nSPS) is 10.8. The van der Waals surface area contributed by atoms with E-state index in [0.29, 0.717) is 26.9 Å². The summed E-state index contributed by atoms with van der Waals surface area (Å²) in [6.07, 6.45) is 0. The summed E-state index contributed by atoms with van der Waals surface area (Å²) in [6, 6.07) is 9.61. The highest BCUT2D eigenvalue weighted by Gasteiger charge is 2.12. The van der Waals surface area contributed by atoms with Crippen LogP contribution in [0.5, 0.6) is 11.6 Å². The number of aromatic hydroxyl groups is 1. The number of benzene rings is 1. The lowest BCUT2D eigenvalue weighted by molar-refractivity contribution is 0.359. The number of aromatic nitrogens is 1. The zero-order chi connectivity index (χ0) is 15.0. The first-order valence-corrected chi connectivity index (χ1v) is 6.86. The number of hydrogen-bond acceptors (Lipinski definition) is 5. The number of hydrogen-bond donors (Lipinski definition) is 1. The minimum Gasteiger partial charge on any atom is -0.503 e. The van der Waals surface area contributed by atoms with E-state index in [1.54, 1.807) is 24.3 Å². The molecule has 5 nitrogen and oxygen atoms in total. The fourth-order valence-electron chi connectivity index (χ4n) is 1.99. The second-order valence-electron chi connectivity index (χ2n) is 4.32. The van der Waals surface area contributed by atoms with E-state index in [1.165, 1.54) is 19.2 Å². The predicted octanol–water partition coefficient (Wildman–Crippen LogP) is 3.33. The van der Waals surface area contributed by atoms with Crippen LogP contribution in [-0.2, 0) is 0 Å². The number of ether oxygens (including phenoxy) is 1. The summed E-state index contributed by atoms with van der Waals surface area (Å²) in [7, 11) is 1.40. The van der Waals surface area contributed by atoms with E-state index in [2.05, 4.69) is 20.9 Å². The zero-order valence-electron chi connectivity index (χ0n) is 11.0. The summed E-state index contributed by atoms with van der Waals surface area (Å²) in [6.45, 7) is 0. The molecule has 21 heavy (non-hydrogen) atoms. The number of pyridine rings is 1. The third-order valence-corrected chi connectivity index (χ3v) is 3.62. The van der Waals surface area contributed by atoms with Gasteiger partial charge in [0.25, 0.3) is 5.88 Å².